The summed E-state index contributed by atoms with van der Waals surface area (Å²) in [4.78, 5) is 16.1. The molecule has 0 radical (unpaired) electrons. The van der Waals surface area contributed by atoms with Gasteiger partial charge in [-0.05, 0) is 45.0 Å². The summed E-state index contributed by atoms with van der Waals surface area (Å²) >= 11 is 6.82. The standard InChI is InChI=1S/C11H17ClN4OS/c1-15(2)11(5-4-6-11)7-16(3)9(17)8-13-14-10(12)18-8/h4-7H2,1-3H3. The summed E-state index contributed by atoms with van der Waals surface area (Å²) in [6.45, 7) is 0.718. The Bertz CT molecular complexity index is 444. The van der Waals surface area contributed by atoms with Gasteiger partial charge in [-0.25, -0.2) is 0 Å². The van der Waals surface area contributed by atoms with Crippen LogP contribution in [0.2, 0.25) is 4.47 Å². The zero-order chi connectivity index (χ0) is 13.3. The first-order valence-electron chi connectivity index (χ1n) is 5.86. The van der Waals surface area contributed by atoms with Crippen LogP contribution in [-0.4, -0.2) is 59.1 Å². The van der Waals surface area contributed by atoms with Crippen molar-refractivity contribution in [2.45, 2.75) is 24.8 Å². The van der Waals surface area contributed by atoms with Gasteiger partial charge < -0.3 is 9.80 Å². The average molecular weight is 289 g/mol. The molecular formula is C11H17ClN4OS. The SMILES string of the molecule is CN(CC1(N(C)C)CCC1)C(=O)c1nnc(Cl)s1. The van der Waals surface area contributed by atoms with E-state index in [4.69, 9.17) is 11.6 Å². The number of rotatable bonds is 4. The van der Waals surface area contributed by atoms with Crippen molar-refractivity contribution in [2.75, 3.05) is 27.7 Å². The van der Waals surface area contributed by atoms with E-state index in [0.717, 1.165) is 30.7 Å². The molecule has 0 N–H and O–H groups in total. The van der Waals surface area contributed by atoms with Crippen molar-refractivity contribution in [3.05, 3.63) is 9.47 Å². The van der Waals surface area contributed by atoms with Crippen molar-refractivity contribution in [3.63, 3.8) is 0 Å². The molecule has 1 aliphatic rings. The number of carbonyl (C=O) groups excluding carboxylic acids is 1. The molecule has 7 heteroatoms. The molecule has 0 bridgehead atoms. The Morgan fingerprint density at radius 3 is 2.44 bits per heavy atom. The molecule has 1 fully saturated rings. The minimum atomic E-state index is -0.104. The quantitative estimate of drug-likeness (QED) is 0.847. The number of hydrogen-bond donors (Lipinski definition) is 0. The molecule has 5 nitrogen and oxygen atoms in total. The van der Waals surface area contributed by atoms with Gasteiger partial charge in [0.1, 0.15) is 0 Å². The highest BCUT2D eigenvalue weighted by molar-refractivity contribution is 7.17. The highest BCUT2D eigenvalue weighted by atomic mass is 35.5. The summed E-state index contributed by atoms with van der Waals surface area (Å²) in [5, 5.41) is 7.81. The molecular weight excluding hydrogens is 272 g/mol. The molecule has 1 saturated carbocycles. The first-order chi connectivity index (χ1) is 8.44. The summed E-state index contributed by atoms with van der Waals surface area (Å²) in [5.41, 5.74) is 0.124. The molecule has 0 aliphatic heterocycles. The lowest BCUT2D eigenvalue weighted by atomic mass is 9.75. The summed E-state index contributed by atoms with van der Waals surface area (Å²) < 4.78 is 0.303. The first-order valence-corrected chi connectivity index (χ1v) is 7.06. The van der Waals surface area contributed by atoms with Crippen LogP contribution < -0.4 is 0 Å². The number of nitrogens with zero attached hydrogens (tertiary/aromatic N) is 4. The van der Waals surface area contributed by atoms with Crippen molar-refractivity contribution in [1.29, 1.82) is 0 Å². The molecule has 1 heterocycles. The maximum absolute atomic E-state index is 12.2. The normalized spacial score (nSPS) is 17.6. The van der Waals surface area contributed by atoms with Gasteiger partial charge in [-0.2, -0.15) is 0 Å². The van der Waals surface area contributed by atoms with Crippen molar-refractivity contribution >= 4 is 28.8 Å². The Morgan fingerprint density at radius 2 is 2.06 bits per heavy atom. The van der Waals surface area contributed by atoms with Gasteiger partial charge in [0.2, 0.25) is 9.47 Å². The molecule has 1 amide bonds. The van der Waals surface area contributed by atoms with Crippen LogP contribution in [-0.2, 0) is 0 Å². The third-order valence-electron chi connectivity index (χ3n) is 3.69. The molecule has 18 heavy (non-hydrogen) atoms. The summed E-state index contributed by atoms with van der Waals surface area (Å²) in [6.07, 6.45) is 3.49. The van der Waals surface area contributed by atoms with Gasteiger partial charge in [0.15, 0.2) is 0 Å². The molecule has 2 rings (SSSR count). The lowest BCUT2D eigenvalue weighted by Gasteiger charge is -2.49. The van der Waals surface area contributed by atoms with E-state index in [1.54, 1.807) is 11.9 Å². The molecule has 0 aromatic carbocycles. The fraction of sp³-hybridized carbons (Fsp3) is 0.727. The maximum atomic E-state index is 12.2. The predicted octanol–water partition coefficient (Wildman–Crippen LogP) is 1.75. The molecule has 1 aromatic rings. The van der Waals surface area contributed by atoms with Gasteiger partial charge in [0.05, 0.1) is 0 Å². The molecule has 0 saturated heterocycles. The fourth-order valence-electron chi connectivity index (χ4n) is 2.30. The number of halogens is 1. The van der Waals surface area contributed by atoms with Crippen LogP contribution in [0.3, 0.4) is 0 Å². The minimum absolute atomic E-state index is 0.104. The summed E-state index contributed by atoms with van der Waals surface area (Å²) in [5.74, 6) is -0.104. The van der Waals surface area contributed by atoms with E-state index in [0.29, 0.717) is 9.47 Å². The van der Waals surface area contributed by atoms with Crippen molar-refractivity contribution in [2.24, 2.45) is 0 Å². The Hall–Kier alpha value is -0.720. The minimum Gasteiger partial charge on any atom is -0.338 e. The molecule has 1 aromatic heterocycles. The highest BCUT2D eigenvalue weighted by Crippen LogP contribution is 2.36. The summed E-state index contributed by atoms with van der Waals surface area (Å²) in [7, 11) is 5.94. The van der Waals surface area contributed by atoms with Crippen molar-refractivity contribution in [1.82, 2.24) is 20.0 Å². The first kappa shape index (κ1) is 13.7. The van der Waals surface area contributed by atoms with Crippen LogP contribution in [0.4, 0.5) is 0 Å². The lowest BCUT2D eigenvalue weighted by molar-refractivity contribution is 0.0252. The lowest BCUT2D eigenvalue weighted by Crippen LogP contribution is -2.57. The van der Waals surface area contributed by atoms with E-state index < -0.39 is 0 Å². The Labute approximate surface area is 116 Å². The number of likely N-dealkylation sites (N-methyl/N-ethyl adjacent to an activating group) is 2. The number of carbonyl (C=O) groups is 1. The second kappa shape index (κ2) is 5.11. The van der Waals surface area contributed by atoms with E-state index in [9.17, 15) is 4.79 Å². The van der Waals surface area contributed by atoms with E-state index in [1.807, 2.05) is 0 Å². The van der Waals surface area contributed by atoms with Crippen LogP contribution in [0, 0.1) is 0 Å². The second-order valence-electron chi connectivity index (χ2n) is 4.99. The van der Waals surface area contributed by atoms with Gasteiger partial charge in [0.25, 0.3) is 5.91 Å². The Morgan fingerprint density at radius 1 is 1.39 bits per heavy atom. The van der Waals surface area contributed by atoms with Crippen LogP contribution in [0.5, 0.6) is 0 Å². The topological polar surface area (TPSA) is 49.3 Å². The number of hydrogen-bond acceptors (Lipinski definition) is 5. The molecule has 0 atom stereocenters. The van der Waals surface area contributed by atoms with Crippen LogP contribution in [0.1, 0.15) is 29.1 Å². The van der Waals surface area contributed by atoms with Crippen molar-refractivity contribution in [3.8, 4) is 0 Å². The van der Waals surface area contributed by atoms with E-state index in [2.05, 4.69) is 29.2 Å². The molecule has 0 spiro atoms. The van der Waals surface area contributed by atoms with Crippen LogP contribution in [0.15, 0.2) is 0 Å². The average Bonchev–Trinajstić information content (AvgIpc) is 2.68. The van der Waals surface area contributed by atoms with E-state index in [1.165, 1.54) is 6.42 Å². The van der Waals surface area contributed by atoms with Crippen molar-refractivity contribution < 1.29 is 4.79 Å². The van der Waals surface area contributed by atoms with E-state index >= 15 is 0 Å². The van der Waals surface area contributed by atoms with Gasteiger partial charge in [-0.1, -0.05) is 11.3 Å². The van der Waals surface area contributed by atoms with Gasteiger partial charge >= 0.3 is 0 Å². The Balaban J connectivity index is 2.03. The smallest absolute Gasteiger partial charge is 0.284 e. The van der Waals surface area contributed by atoms with Gasteiger partial charge in [-0.15, -0.1) is 10.2 Å². The molecule has 0 unspecified atom stereocenters. The number of aromatic nitrogens is 2. The summed E-state index contributed by atoms with van der Waals surface area (Å²) in [6, 6.07) is 0. The third-order valence-corrected chi connectivity index (χ3v) is 4.70. The molecule has 100 valence electrons. The van der Waals surface area contributed by atoms with Crippen LogP contribution >= 0.6 is 22.9 Å². The largest absolute Gasteiger partial charge is 0.338 e. The van der Waals surface area contributed by atoms with E-state index in [-0.39, 0.29) is 11.4 Å². The second-order valence-corrected chi connectivity index (χ2v) is 6.55. The van der Waals surface area contributed by atoms with Gasteiger partial charge in [-0.3, -0.25) is 4.79 Å². The third kappa shape index (κ3) is 2.50. The fourth-order valence-corrected chi connectivity index (χ4v) is 3.12. The maximum Gasteiger partial charge on any atom is 0.284 e. The predicted molar refractivity (Wildman–Crippen MR) is 72.1 cm³/mol. The van der Waals surface area contributed by atoms with Gasteiger partial charge in [0, 0.05) is 19.1 Å². The highest BCUT2D eigenvalue weighted by Gasteiger charge is 2.41. The molecule has 1 aliphatic carbocycles. The monoisotopic (exact) mass is 288 g/mol. The Kier molecular flexibility index (Phi) is 3.89. The number of amides is 1. The zero-order valence-corrected chi connectivity index (χ0v) is 12.4. The van der Waals surface area contributed by atoms with Crippen LogP contribution in [0.25, 0.3) is 0 Å². The zero-order valence-electron chi connectivity index (χ0n) is 10.8.